The molecule has 0 saturated heterocycles. The van der Waals surface area contributed by atoms with Crippen LogP contribution in [0.3, 0.4) is 0 Å². The molecule has 0 unspecified atom stereocenters. The van der Waals surface area contributed by atoms with Gasteiger partial charge in [0.1, 0.15) is 0 Å². The van der Waals surface area contributed by atoms with E-state index >= 15 is 0 Å². The Morgan fingerprint density at radius 1 is 1.00 bits per heavy atom. The minimum absolute atomic E-state index is 0.860. The summed E-state index contributed by atoms with van der Waals surface area (Å²) in [5.41, 5.74) is 1.35. The van der Waals surface area contributed by atoms with Crippen molar-refractivity contribution in [1.29, 1.82) is 0 Å². The molecule has 112 valence electrons. The van der Waals surface area contributed by atoms with Gasteiger partial charge in [0, 0.05) is 31.6 Å². The van der Waals surface area contributed by atoms with E-state index in [1.54, 1.807) is 0 Å². The van der Waals surface area contributed by atoms with Crippen LogP contribution >= 0.6 is 0 Å². The molecule has 0 aliphatic heterocycles. The summed E-state index contributed by atoms with van der Waals surface area (Å²) >= 11 is 0. The molecule has 1 aliphatic rings. The second kappa shape index (κ2) is 9.89. The summed E-state index contributed by atoms with van der Waals surface area (Å²) in [5, 5.41) is 3.56. The number of nitrogens with one attached hydrogen (secondary N) is 1. The minimum atomic E-state index is 0.860. The van der Waals surface area contributed by atoms with E-state index in [0.29, 0.717) is 0 Å². The predicted octanol–water partition coefficient (Wildman–Crippen LogP) is 3.34. The first kappa shape index (κ1) is 15.5. The normalized spacial score (nSPS) is 14.6. The van der Waals surface area contributed by atoms with E-state index < -0.39 is 0 Å². The van der Waals surface area contributed by atoms with E-state index in [-0.39, 0.29) is 0 Å². The maximum absolute atomic E-state index is 5.68. The van der Waals surface area contributed by atoms with Crippen LogP contribution in [0.2, 0.25) is 0 Å². The van der Waals surface area contributed by atoms with Crippen LogP contribution in [0.1, 0.15) is 50.5 Å². The lowest BCUT2D eigenvalue weighted by Gasteiger charge is -2.05. The quantitative estimate of drug-likeness (QED) is 0.595. The highest BCUT2D eigenvalue weighted by Crippen LogP contribution is 2.18. The Morgan fingerprint density at radius 3 is 2.55 bits per heavy atom. The summed E-state index contributed by atoms with van der Waals surface area (Å²) < 4.78 is 5.68. The molecule has 1 saturated carbocycles. The molecule has 1 aliphatic carbocycles. The number of nitrogens with zero attached hydrogens (tertiary/aromatic N) is 1. The van der Waals surface area contributed by atoms with Crippen molar-refractivity contribution in [2.45, 2.75) is 57.4 Å². The average molecular weight is 276 g/mol. The van der Waals surface area contributed by atoms with Gasteiger partial charge in [-0.15, -0.1) is 0 Å². The van der Waals surface area contributed by atoms with Crippen LogP contribution in [0.4, 0.5) is 0 Å². The standard InChI is InChI=1S/C17H28N2O/c1(3-11-19-17-7-8-17)2-4-14-20-15-5-6-16-9-12-18-13-10-16/h9-10,12-13,17,19H,1-8,11,14-15H2. The first-order valence-corrected chi connectivity index (χ1v) is 8.15. The van der Waals surface area contributed by atoms with Crippen molar-refractivity contribution in [1.82, 2.24) is 10.3 Å². The molecule has 1 aromatic rings. The van der Waals surface area contributed by atoms with Gasteiger partial charge in [-0.25, -0.2) is 0 Å². The Labute approximate surface area is 123 Å². The molecule has 0 radical (unpaired) electrons. The number of pyridine rings is 1. The number of hydrogen-bond donors (Lipinski definition) is 1. The van der Waals surface area contributed by atoms with Crippen molar-refractivity contribution >= 4 is 0 Å². The topological polar surface area (TPSA) is 34.1 Å². The van der Waals surface area contributed by atoms with Crippen molar-refractivity contribution in [3.63, 3.8) is 0 Å². The van der Waals surface area contributed by atoms with E-state index in [1.807, 2.05) is 12.4 Å². The van der Waals surface area contributed by atoms with Gasteiger partial charge in [-0.2, -0.15) is 0 Å². The predicted molar refractivity (Wildman–Crippen MR) is 82.9 cm³/mol. The molecule has 0 aromatic carbocycles. The lowest BCUT2D eigenvalue weighted by atomic mass is 10.1. The van der Waals surface area contributed by atoms with E-state index in [2.05, 4.69) is 22.4 Å². The summed E-state index contributed by atoms with van der Waals surface area (Å²) in [5.74, 6) is 0. The molecule has 3 nitrogen and oxygen atoms in total. The minimum Gasteiger partial charge on any atom is -0.381 e. The lowest BCUT2D eigenvalue weighted by molar-refractivity contribution is 0.127. The zero-order valence-corrected chi connectivity index (χ0v) is 12.5. The summed E-state index contributed by atoms with van der Waals surface area (Å²) in [6, 6.07) is 5.02. The van der Waals surface area contributed by atoms with Crippen molar-refractivity contribution in [3.05, 3.63) is 30.1 Å². The maximum Gasteiger partial charge on any atom is 0.0469 e. The van der Waals surface area contributed by atoms with E-state index in [1.165, 1.54) is 50.6 Å². The van der Waals surface area contributed by atoms with Crippen molar-refractivity contribution in [2.75, 3.05) is 19.8 Å². The van der Waals surface area contributed by atoms with Crippen LogP contribution in [0.15, 0.2) is 24.5 Å². The lowest BCUT2D eigenvalue weighted by Crippen LogP contribution is -2.17. The first-order valence-electron chi connectivity index (χ1n) is 8.15. The summed E-state index contributed by atoms with van der Waals surface area (Å²) in [4.78, 5) is 4.02. The first-order chi connectivity index (χ1) is 9.95. The Morgan fingerprint density at radius 2 is 1.75 bits per heavy atom. The Balaban J connectivity index is 1.30. The number of hydrogen-bond acceptors (Lipinski definition) is 3. The smallest absolute Gasteiger partial charge is 0.0469 e. The fraction of sp³-hybridized carbons (Fsp3) is 0.706. The number of ether oxygens (including phenoxy) is 1. The van der Waals surface area contributed by atoms with Gasteiger partial charge in [0.05, 0.1) is 0 Å². The molecular formula is C17H28N2O. The van der Waals surface area contributed by atoms with Gasteiger partial charge in [-0.3, -0.25) is 4.98 Å². The van der Waals surface area contributed by atoms with Gasteiger partial charge in [0.2, 0.25) is 0 Å². The third-order valence-corrected chi connectivity index (χ3v) is 3.73. The fourth-order valence-corrected chi connectivity index (χ4v) is 2.31. The third kappa shape index (κ3) is 7.61. The van der Waals surface area contributed by atoms with Crippen molar-refractivity contribution < 1.29 is 4.74 Å². The second-order valence-electron chi connectivity index (χ2n) is 5.71. The number of rotatable bonds is 12. The zero-order chi connectivity index (χ0) is 13.9. The number of aryl methyl sites for hydroxylation is 1. The molecule has 0 atom stereocenters. The van der Waals surface area contributed by atoms with Crippen LogP contribution in [0.25, 0.3) is 0 Å². The van der Waals surface area contributed by atoms with Crippen molar-refractivity contribution in [3.8, 4) is 0 Å². The summed E-state index contributed by atoms with van der Waals surface area (Å²) in [6.07, 6.45) is 13.9. The highest BCUT2D eigenvalue weighted by molar-refractivity contribution is 5.09. The van der Waals surface area contributed by atoms with Gasteiger partial charge in [0.25, 0.3) is 0 Å². The molecule has 0 amide bonds. The molecule has 3 heteroatoms. The van der Waals surface area contributed by atoms with Gasteiger partial charge < -0.3 is 10.1 Å². The number of aromatic nitrogens is 1. The molecule has 20 heavy (non-hydrogen) atoms. The van der Waals surface area contributed by atoms with Crippen LogP contribution in [-0.4, -0.2) is 30.8 Å². The van der Waals surface area contributed by atoms with E-state index in [9.17, 15) is 0 Å². The van der Waals surface area contributed by atoms with Gasteiger partial charge in [-0.05, 0) is 62.8 Å². The summed E-state index contributed by atoms with van der Waals surface area (Å²) in [6.45, 7) is 3.01. The molecule has 1 N–H and O–H groups in total. The highest BCUT2D eigenvalue weighted by atomic mass is 16.5. The Hall–Kier alpha value is -0.930. The number of unbranched alkanes of at least 4 members (excludes halogenated alkanes) is 3. The molecule has 1 aromatic heterocycles. The Kier molecular flexibility index (Phi) is 7.65. The molecule has 0 spiro atoms. The van der Waals surface area contributed by atoms with Crippen LogP contribution in [-0.2, 0) is 11.2 Å². The third-order valence-electron chi connectivity index (χ3n) is 3.73. The molecular weight excluding hydrogens is 248 g/mol. The molecule has 1 fully saturated rings. The molecule has 0 bridgehead atoms. The van der Waals surface area contributed by atoms with Gasteiger partial charge in [0.15, 0.2) is 0 Å². The summed E-state index contributed by atoms with van der Waals surface area (Å²) in [7, 11) is 0. The van der Waals surface area contributed by atoms with E-state index in [0.717, 1.165) is 32.1 Å². The van der Waals surface area contributed by atoms with Gasteiger partial charge >= 0.3 is 0 Å². The van der Waals surface area contributed by atoms with Crippen LogP contribution in [0.5, 0.6) is 0 Å². The molecule has 1 heterocycles. The zero-order valence-electron chi connectivity index (χ0n) is 12.5. The highest BCUT2D eigenvalue weighted by Gasteiger charge is 2.19. The second-order valence-corrected chi connectivity index (χ2v) is 5.71. The average Bonchev–Trinajstić information content (AvgIpc) is 3.30. The molecule has 2 rings (SSSR count). The largest absolute Gasteiger partial charge is 0.381 e. The van der Waals surface area contributed by atoms with Gasteiger partial charge in [-0.1, -0.05) is 12.8 Å². The SMILES string of the molecule is c1cc(CCCOCCCCCCNC2CC2)ccn1. The van der Waals surface area contributed by atoms with Crippen LogP contribution < -0.4 is 5.32 Å². The maximum atomic E-state index is 5.68. The van der Waals surface area contributed by atoms with Crippen molar-refractivity contribution in [2.24, 2.45) is 0 Å². The van der Waals surface area contributed by atoms with E-state index in [4.69, 9.17) is 4.74 Å². The fourth-order valence-electron chi connectivity index (χ4n) is 2.31. The Bertz CT molecular complexity index is 338. The monoisotopic (exact) mass is 276 g/mol. The van der Waals surface area contributed by atoms with Crippen LogP contribution in [0, 0.1) is 0 Å².